The van der Waals surface area contributed by atoms with E-state index in [9.17, 15) is 30.8 Å². The summed E-state index contributed by atoms with van der Waals surface area (Å²) in [5.41, 5.74) is -1.09. The highest BCUT2D eigenvalue weighted by molar-refractivity contribution is 7.98. The summed E-state index contributed by atoms with van der Waals surface area (Å²) in [5.74, 6) is -1.25. The van der Waals surface area contributed by atoms with Gasteiger partial charge in [0, 0.05) is 5.69 Å². The molecular weight excluding hydrogens is 468 g/mol. The van der Waals surface area contributed by atoms with Crippen molar-refractivity contribution in [3.8, 4) is 0 Å². The van der Waals surface area contributed by atoms with E-state index in [1.165, 1.54) is 17.8 Å². The largest absolute Gasteiger partial charge is 0.416 e. The third kappa shape index (κ3) is 6.59. The molecule has 164 valence electrons. The van der Waals surface area contributed by atoms with Gasteiger partial charge in [-0.25, -0.2) is 12.8 Å². The van der Waals surface area contributed by atoms with Crippen LogP contribution in [0.3, 0.4) is 0 Å². The van der Waals surface area contributed by atoms with E-state index in [4.69, 9.17) is 11.6 Å². The molecular formula is C18H17ClF4N2O3S2. The second kappa shape index (κ2) is 9.99. The molecule has 0 bridgehead atoms. The summed E-state index contributed by atoms with van der Waals surface area (Å²) in [7, 11) is -4.25. The minimum absolute atomic E-state index is 0.0696. The lowest BCUT2D eigenvalue weighted by Crippen LogP contribution is -2.44. The van der Waals surface area contributed by atoms with Gasteiger partial charge in [0.2, 0.25) is 15.9 Å². The second-order valence-electron chi connectivity index (χ2n) is 6.10. The Hall–Kier alpha value is -1.82. The zero-order valence-corrected chi connectivity index (χ0v) is 17.9. The average molecular weight is 485 g/mol. The number of carbonyl (C=O) groups is 1. The van der Waals surface area contributed by atoms with Gasteiger partial charge < -0.3 is 5.32 Å². The number of hydrogen-bond acceptors (Lipinski definition) is 4. The van der Waals surface area contributed by atoms with Crippen molar-refractivity contribution in [3.05, 3.63) is 58.9 Å². The van der Waals surface area contributed by atoms with Crippen molar-refractivity contribution in [2.75, 3.05) is 17.3 Å². The number of amides is 1. The highest BCUT2D eigenvalue weighted by Gasteiger charge is 2.31. The van der Waals surface area contributed by atoms with Crippen molar-refractivity contribution >= 4 is 45.0 Å². The maximum atomic E-state index is 13.3. The summed E-state index contributed by atoms with van der Waals surface area (Å²) in [6.07, 6.45) is -2.78. The number of rotatable bonds is 8. The zero-order valence-electron chi connectivity index (χ0n) is 15.5. The zero-order chi connectivity index (χ0) is 22.5. The van der Waals surface area contributed by atoms with Gasteiger partial charge in [0.05, 0.1) is 15.5 Å². The molecule has 1 atom stereocenters. The maximum Gasteiger partial charge on any atom is 0.416 e. The van der Waals surface area contributed by atoms with Gasteiger partial charge in [0.1, 0.15) is 11.9 Å². The summed E-state index contributed by atoms with van der Waals surface area (Å²) < 4.78 is 79.2. The summed E-state index contributed by atoms with van der Waals surface area (Å²) in [6, 6.07) is 5.46. The summed E-state index contributed by atoms with van der Waals surface area (Å²) >= 11 is 6.97. The topological polar surface area (TPSA) is 75.3 Å². The maximum absolute atomic E-state index is 13.3. The first-order valence-electron chi connectivity index (χ1n) is 8.38. The van der Waals surface area contributed by atoms with Crippen molar-refractivity contribution in [1.82, 2.24) is 4.72 Å². The molecule has 0 heterocycles. The molecule has 0 aliphatic heterocycles. The molecule has 0 fully saturated rings. The van der Waals surface area contributed by atoms with Crippen LogP contribution in [-0.4, -0.2) is 32.4 Å². The standard InChI is InChI=1S/C18H17ClF4N2O3S2/c1-29-8-7-16(25-30(27,28)13-5-6-15(20)14(19)10-13)17(26)24-12-4-2-3-11(9-12)18(21,22)23/h2-6,9-10,16,25H,7-8H2,1H3,(H,24,26). The first-order chi connectivity index (χ1) is 13.9. The Morgan fingerprint density at radius 1 is 1.20 bits per heavy atom. The predicted molar refractivity (Wildman–Crippen MR) is 109 cm³/mol. The first-order valence-corrected chi connectivity index (χ1v) is 11.6. The van der Waals surface area contributed by atoms with Crippen molar-refractivity contribution in [3.63, 3.8) is 0 Å². The molecule has 2 aromatic rings. The highest BCUT2D eigenvalue weighted by atomic mass is 35.5. The van der Waals surface area contributed by atoms with E-state index in [-0.39, 0.29) is 17.0 Å². The molecule has 1 unspecified atom stereocenters. The molecule has 0 saturated carbocycles. The van der Waals surface area contributed by atoms with E-state index < -0.39 is 44.6 Å². The Morgan fingerprint density at radius 3 is 2.50 bits per heavy atom. The highest BCUT2D eigenvalue weighted by Crippen LogP contribution is 2.30. The molecule has 1 amide bonds. The monoisotopic (exact) mass is 484 g/mol. The smallest absolute Gasteiger partial charge is 0.325 e. The predicted octanol–water partition coefficient (Wildman–Crippen LogP) is 4.54. The van der Waals surface area contributed by atoms with E-state index in [0.717, 1.165) is 36.4 Å². The Morgan fingerprint density at radius 2 is 1.90 bits per heavy atom. The molecule has 2 N–H and O–H groups in total. The van der Waals surface area contributed by atoms with E-state index >= 15 is 0 Å². The lowest BCUT2D eigenvalue weighted by molar-refractivity contribution is -0.137. The number of thioether (sulfide) groups is 1. The van der Waals surface area contributed by atoms with Crippen molar-refractivity contribution in [2.45, 2.75) is 23.5 Å². The number of hydrogen-bond donors (Lipinski definition) is 2. The molecule has 0 aliphatic rings. The van der Waals surface area contributed by atoms with Crippen LogP contribution in [-0.2, 0) is 21.0 Å². The molecule has 30 heavy (non-hydrogen) atoms. The number of anilines is 1. The van der Waals surface area contributed by atoms with Gasteiger partial charge >= 0.3 is 6.18 Å². The molecule has 12 heteroatoms. The van der Waals surface area contributed by atoms with Crippen LogP contribution in [0.25, 0.3) is 0 Å². The van der Waals surface area contributed by atoms with E-state index in [0.29, 0.717) is 5.75 Å². The minimum atomic E-state index is -4.59. The Bertz CT molecular complexity index is 1020. The molecule has 2 rings (SSSR count). The van der Waals surface area contributed by atoms with Gasteiger partial charge in [-0.1, -0.05) is 17.7 Å². The molecule has 5 nitrogen and oxygen atoms in total. The van der Waals surface area contributed by atoms with Gasteiger partial charge in [0.25, 0.3) is 0 Å². The van der Waals surface area contributed by atoms with Gasteiger partial charge in [-0.05, 0) is 54.8 Å². The number of sulfonamides is 1. The molecule has 0 spiro atoms. The Balaban J connectivity index is 2.24. The van der Waals surface area contributed by atoms with Crippen LogP contribution >= 0.6 is 23.4 Å². The van der Waals surface area contributed by atoms with Crippen LogP contribution in [0.15, 0.2) is 47.4 Å². The fourth-order valence-corrected chi connectivity index (χ4v) is 4.35. The van der Waals surface area contributed by atoms with Crippen molar-refractivity contribution in [2.24, 2.45) is 0 Å². The van der Waals surface area contributed by atoms with Gasteiger partial charge in [-0.15, -0.1) is 0 Å². The van der Waals surface area contributed by atoms with E-state index in [1.807, 2.05) is 0 Å². The van der Waals surface area contributed by atoms with Crippen LogP contribution < -0.4 is 10.0 Å². The summed E-state index contributed by atoms with van der Waals surface area (Å²) in [4.78, 5) is 12.2. The number of alkyl halides is 3. The number of halogens is 5. The number of benzene rings is 2. The van der Waals surface area contributed by atoms with Crippen LogP contribution in [0.5, 0.6) is 0 Å². The van der Waals surface area contributed by atoms with Gasteiger partial charge in [-0.2, -0.15) is 29.7 Å². The summed E-state index contributed by atoms with van der Waals surface area (Å²) in [5, 5.41) is 1.89. The van der Waals surface area contributed by atoms with Crippen LogP contribution in [0.1, 0.15) is 12.0 Å². The second-order valence-corrected chi connectivity index (χ2v) is 9.21. The Kier molecular flexibility index (Phi) is 8.14. The minimum Gasteiger partial charge on any atom is -0.325 e. The molecule has 0 aliphatic carbocycles. The van der Waals surface area contributed by atoms with Crippen molar-refractivity contribution in [1.29, 1.82) is 0 Å². The van der Waals surface area contributed by atoms with Crippen LogP contribution in [0, 0.1) is 5.82 Å². The normalized spacial score (nSPS) is 13.1. The summed E-state index contributed by atoms with van der Waals surface area (Å²) in [6.45, 7) is 0. The molecule has 0 radical (unpaired) electrons. The van der Waals surface area contributed by atoms with Gasteiger partial charge in [0.15, 0.2) is 0 Å². The number of carbonyl (C=O) groups excluding carboxylic acids is 1. The fourth-order valence-electron chi connectivity index (χ4n) is 2.38. The lowest BCUT2D eigenvalue weighted by Gasteiger charge is -2.19. The fraction of sp³-hybridized carbons (Fsp3) is 0.278. The van der Waals surface area contributed by atoms with E-state index in [2.05, 4.69) is 10.0 Å². The van der Waals surface area contributed by atoms with Crippen LogP contribution in [0.4, 0.5) is 23.2 Å². The average Bonchev–Trinajstić information content (AvgIpc) is 2.66. The van der Waals surface area contributed by atoms with Crippen LogP contribution in [0.2, 0.25) is 5.02 Å². The molecule has 0 saturated heterocycles. The first kappa shape index (κ1) is 24.4. The lowest BCUT2D eigenvalue weighted by atomic mass is 10.1. The quantitative estimate of drug-likeness (QED) is 0.540. The van der Waals surface area contributed by atoms with E-state index in [1.54, 1.807) is 6.26 Å². The molecule has 0 aromatic heterocycles. The van der Waals surface area contributed by atoms with Gasteiger partial charge in [-0.3, -0.25) is 4.79 Å². The third-order valence-electron chi connectivity index (χ3n) is 3.88. The number of nitrogens with one attached hydrogen (secondary N) is 2. The van der Waals surface area contributed by atoms with Crippen molar-refractivity contribution < 1.29 is 30.8 Å². The SMILES string of the molecule is CSCCC(NS(=O)(=O)c1ccc(F)c(Cl)c1)C(=O)Nc1cccc(C(F)(F)F)c1. The third-order valence-corrected chi connectivity index (χ3v) is 6.29. The Labute approximate surface area is 180 Å². The molecule has 2 aromatic carbocycles.